The van der Waals surface area contributed by atoms with Crippen LogP contribution < -0.4 is 10.6 Å². The summed E-state index contributed by atoms with van der Waals surface area (Å²) in [5, 5.41) is 0.595. The molecule has 0 saturated carbocycles. The molecular weight excluding hydrogens is 246 g/mol. The lowest BCUT2D eigenvalue weighted by molar-refractivity contribution is 0.853. The minimum absolute atomic E-state index is 0.595. The van der Waals surface area contributed by atoms with Gasteiger partial charge in [0.05, 0.1) is 16.4 Å². The van der Waals surface area contributed by atoms with E-state index in [-0.39, 0.29) is 0 Å². The normalized spacial score (nSPS) is 10.3. The molecule has 0 amide bonds. The lowest BCUT2D eigenvalue weighted by atomic mass is 10.2. The molecule has 0 saturated heterocycles. The Labute approximate surface area is 112 Å². The average molecular weight is 262 g/mol. The van der Waals surface area contributed by atoms with Gasteiger partial charge in [-0.2, -0.15) is 0 Å². The van der Waals surface area contributed by atoms with Gasteiger partial charge in [0.15, 0.2) is 0 Å². The van der Waals surface area contributed by atoms with Gasteiger partial charge < -0.3 is 10.6 Å². The van der Waals surface area contributed by atoms with E-state index < -0.39 is 0 Å². The summed E-state index contributed by atoms with van der Waals surface area (Å²) in [6.07, 6.45) is 2.69. The molecule has 0 fully saturated rings. The summed E-state index contributed by atoms with van der Waals surface area (Å²) in [5.74, 6) is 0. The summed E-state index contributed by atoms with van der Waals surface area (Å²) in [7, 11) is 2.00. The number of likely N-dealkylation sites (N-methyl/N-ethyl adjacent to an activating group) is 1. The molecule has 0 unspecified atom stereocenters. The van der Waals surface area contributed by atoms with E-state index in [0.717, 1.165) is 24.3 Å². The molecular formula is C14H16ClN3. The summed E-state index contributed by atoms with van der Waals surface area (Å²) in [6, 6.07) is 11.6. The number of hydrogen-bond acceptors (Lipinski definition) is 3. The number of hydrogen-bond donors (Lipinski definition) is 1. The van der Waals surface area contributed by atoms with Crippen molar-refractivity contribution in [3.8, 4) is 0 Å². The highest BCUT2D eigenvalue weighted by Gasteiger charge is 2.07. The van der Waals surface area contributed by atoms with Crippen LogP contribution in [0.25, 0.3) is 0 Å². The van der Waals surface area contributed by atoms with Gasteiger partial charge in [0.25, 0.3) is 0 Å². The number of pyridine rings is 1. The zero-order valence-corrected chi connectivity index (χ0v) is 11.1. The first-order valence-corrected chi connectivity index (χ1v) is 6.21. The van der Waals surface area contributed by atoms with Crippen LogP contribution in [0, 0.1) is 0 Å². The van der Waals surface area contributed by atoms with E-state index in [1.165, 1.54) is 0 Å². The van der Waals surface area contributed by atoms with Crippen LogP contribution in [0.15, 0.2) is 42.6 Å². The summed E-state index contributed by atoms with van der Waals surface area (Å²) in [5.41, 5.74) is 8.62. The van der Waals surface area contributed by atoms with E-state index in [1.54, 1.807) is 6.07 Å². The molecule has 0 spiro atoms. The molecule has 0 aliphatic heterocycles. The summed E-state index contributed by atoms with van der Waals surface area (Å²) < 4.78 is 0. The Bertz CT molecular complexity index is 514. The van der Waals surface area contributed by atoms with Gasteiger partial charge in [-0.1, -0.05) is 23.7 Å². The predicted octanol–water partition coefficient (Wildman–Crippen LogP) is 3.00. The Morgan fingerprint density at radius 3 is 2.78 bits per heavy atom. The van der Waals surface area contributed by atoms with Gasteiger partial charge in [-0.05, 0) is 24.3 Å². The number of nitrogens with zero attached hydrogens (tertiary/aromatic N) is 2. The quantitative estimate of drug-likeness (QED) is 0.861. The molecule has 3 nitrogen and oxygen atoms in total. The van der Waals surface area contributed by atoms with Crippen molar-refractivity contribution in [1.29, 1.82) is 0 Å². The summed E-state index contributed by atoms with van der Waals surface area (Å²) in [6.45, 7) is 0.849. The van der Waals surface area contributed by atoms with Gasteiger partial charge in [-0.25, -0.2) is 0 Å². The van der Waals surface area contributed by atoms with Crippen LogP contribution in [0.3, 0.4) is 0 Å². The fourth-order valence-electron chi connectivity index (χ4n) is 1.81. The number of halogens is 1. The second kappa shape index (κ2) is 5.74. The molecule has 0 aliphatic carbocycles. The van der Waals surface area contributed by atoms with Crippen LogP contribution in [-0.4, -0.2) is 18.6 Å². The number of benzene rings is 1. The molecule has 4 heteroatoms. The fourth-order valence-corrected chi connectivity index (χ4v) is 1.98. The maximum absolute atomic E-state index is 6.01. The van der Waals surface area contributed by atoms with Gasteiger partial charge in [-0.3, -0.25) is 4.98 Å². The van der Waals surface area contributed by atoms with E-state index in [1.807, 2.05) is 43.6 Å². The molecule has 94 valence electrons. The maximum atomic E-state index is 6.01. The van der Waals surface area contributed by atoms with E-state index in [2.05, 4.69) is 9.88 Å². The van der Waals surface area contributed by atoms with Crippen molar-refractivity contribution in [1.82, 2.24) is 4.98 Å². The van der Waals surface area contributed by atoms with Crippen LogP contribution in [0.1, 0.15) is 5.69 Å². The lowest BCUT2D eigenvalue weighted by Gasteiger charge is -2.21. The van der Waals surface area contributed by atoms with Crippen LogP contribution in [-0.2, 0) is 6.42 Å². The Balaban J connectivity index is 2.04. The van der Waals surface area contributed by atoms with Gasteiger partial charge in [0.1, 0.15) is 0 Å². The number of nitrogen functional groups attached to an aromatic ring is 1. The third-order valence-electron chi connectivity index (χ3n) is 2.87. The molecule has 0 atom stereocenters. The second-order valence-corrected chi connectivity index (χ2v) is 4.57. The smallest absolute Gasteiger partial charge is 0.0741 e. The molecule has 1 aromatic heterocycles. The highest BCUT2D eigenvalue weighted by molar-refractivity contribution is 6.33. The largest absolute Gasteiger partial charge is 0.396 e. The molecule has 0 radical (unpaired) electrons. The van der Waals surface area contributed by atoms with Gasteiger partial charge in [0, 0.05) is 31.9 Å². The molecule has 0 bridgehead atoms. The zero-order valence-electron chi connectivity index (χ0n) is 10.3. The second-order valence-electron chi connectivity index (χ2n) is 4.17. The van der Waals surface area contributed by atoms with Gasteiger partial charge in [0.2, 0.25) is 0 Å². The first-order chi connectivity index (χ1) is 8.68. The topological polar surface area (TPSA) is 42.2 Å². The predicted molar refractivity (Wildman–Crippen MR) is 77.1 cm³/mol. The Morgan fingerprint density at radius 1 is 1.22 bits per heavy atom. The fraction of sp³-hybridized carbons (Fsp3) is 0.214. The first kappa shape index (κ1) is 12.7. The monoisotopic (exact) mass is 261 g/mol. The zero-order chi connectivity index (χ0) is 13.0. The SMILES string of the molecule is CN(CCc1ccccn1)c1cccc(Cl)c1N. The Morgan fingerprint density at radius 2 is 2.06 bits per heavy atom. The number of aromatic nitrogens is 1. The molecule has 18 heavy (non-hydrogen) atoms. The third kappa shape index (κ3) is 2.93. The summed E-state index contributed by atoms with van der Waals surface area (Å²) >= 11 is 6.01. The van der Waals surface area contributed by atoms with Crippen molar-refractivity contribution >= 4 is 23.0 Å². The minimum atomic E-state index is 0.595. The molecule has 1 heterocycles. The molecule has 1 aromatic carbocycles. The van der Waals surface area contributed by atoms with Crippen LogP contribution in [0.2, 0.25) is 5.02 Å². The van der Waals surface area contributed by atoms with Crippen molar-refractivity contribution in [2.45, 2.75) is 6.42 Å². The van der Waals surface area contributed by atoms with E-state index in [9.17, 15) is 0 Å². The van der Waals surface area contributed by atoms with Crippen LogP contribution in [0.4, 0.5) is 11.4 Å². The van der Waals surface area contributed by atoms with Gasteiger partial charge >= 0.3 is 0 Å². The standard InChI is InChI=1S/C14H16ClN3/c1-18(10-8-11-5-2-3-9-17-11)13-7-4-6-12(15)14(13)16/h2-7,9H,8,10,16H2,1H3. The Hall–Kier alpha value is -1.74. The van der Waals surface area contributed by atoms with E-state index in [0.29, 0.717) is 10.7 Å². The molecule has 0 aliphatic rings. The van der Waals surface area contributed by atoms with Crippen molar-refractivity contribution in [2.24, 2.45) is 0 Å². The van der Waals surface area contributed by atoms with Crippen LogP contribution >= 0.6 is 11.6 Å². The van der Waals surface area contributed by atoms with Crippen molar-refractivity contribution in [3.63, 3.8) is 0 Å². The molecule has 2 rings (SSSR count). The van der Waals surface area contributed by atoms with Crippen molar-refractivity contribution in [2.75, 3.05) is 24.2 Å². The number of anilines is 2. The maximum Gasteiger partial charge on any atom is 0.0741 e. The Kier molecular flexibility index (Phi) is 4.05. The van der Waals surface area contributed by atoms with Crippen molar-refractivity contribution < 1.29 is 0 Å². The number of para-hydroxylation sites is 1. The number of rotatable bonds is 4. The molecule has 2 N–H and O–H groups in total. The first-order valence-electron chi connectivity index (χ1n) is 5.83. The number of nitrogens with two attached hydrogens (primary N) is 1. The van der Waals surface area contributed by atoms with E-state index in [4.69, 9.17) is 17.3 Å². The average Bonchev–Trinajstić information content (AvgIpc) is 2.40. The van der Waals surface area contributed by atoms with Gasteiger partial charge in [-0.15, -0.1) is 0 Å². The minimum Gasteiger partial charge on any atom is -0.396 e. The highest BCUT2D eigenvalue weighted by atomic mass is 35.5. The summed E-state index contributed by atoms with van der Waals surface area (Å²) in [4.78, 5) is 6.39. The highest BCUT2D eigenvalue weighted by Crippen LogP contribution is 2.29. The van der Waals surface area contributed by atoms with E-state index >= 15 is 0 Å². The lowest BCUT2D eigenvalue weighted by Crippen LogP contribution is -2.21. The van der Waals surface area contributed by atoms with Crippen LogP contribution in [0.5, 0.6) is 0 Å². The third-order valence-corrected chi connectivity index (χ3v) is 3.20. The van der Waals surface area contributed by atoms with Crippen molar-refractivity contribution in [3.05, 3.63) is 53.3 Å². The molecule has 2 aromatic rings.